The Labute approximate surface area is 185 Å². The first-order valence-corrected chi connectivity index (χ1v) is 9.99. The monoisotopic (exact) mass is 426 g/mol. The van der Waals surface area contributed by atoms with Crippen molar-refractivity contribution in [3.05, 3.63) is 109 Å². The summed E-state index contributed by atoms with van der Waals surface area (Å²) in [4.78, 5) is 16.5. The Hall–Kier alpha value is -4.52. The summed E-state index contributed by atoms with van der Waals surface area (Å²) in [7, 11) is 0. The molecule has 4 rings (SSSR count). The Kier molecular flexibility index (Phi) is 6.48. The van der Waals surface area contributed by atoms with Gasteiger partial charge in [0.1, 0.15) is 11.5 Å². The number of amides is 1. The van der Waals surface area contributed by atoms with Gasteiger partial charge in [-0.25, -0.2) is 4.99 Å². The molecule has 0 aliphatic rings. The lowest BCUT2D eigenvalue weighted by molar-refractivity contribution is 0.0996. The Balaban J connectivity index is 1.36. The van der Waals surface area contributed by atoms with Crippen LogP contribution in [0.5, 0.6) is 11.5 Å². The van der Waals surface area contributed by atoms with Crippen molar-refractivity contribution in [1.29, 1.82) is 0 Å². The van der Waals surface area contributed by atoms with Crippen molar-refractivity contribution in [3.63, 3.8) is 0 Å². The molecule has 1 amide bonds. The molecule has 1 heterocycles. The van der Waals surface area contributed by atoms with E-state index in [1.165, 1.54) is 6.26 Å². The molecule has 0 unspecified atom stereocenters. The number of ether oxygens (including phenoxy) is 1. The third-order valence-electron chi connectivity index (χ3n) is 4.45. The van der Waals surface area contributed by atoms with Crippen molar-refractivity contribution >= 4 is 23.2 Å². The van der Waals surface area contributed by atoms with Crippen LogP contribution in [0.25, 0.3) is 0 Å². The molecule has 0 spiro atoms. The fraction of sp³-hybridized carbons (Fsp3) is 0.0400. The molecule has 0 aliphatic carbocycles. The zero-order valence-corrected chi connectivity index (χ0v) is 17.2. The quantitative estimate of drug-likeness (QED) is 0.277. The number of para-hydroxylation sites is 1. The minimum absolute atomic E-state index is 0.250. The second-order valence-electron chi connectivity index (χ2n) is 6.90. The lowest BCUT2D eigenvalue weighted by atomic mass is 10.2. The van der Waals surface area contributed by atoms with Crippen LogP contribution in [0.3, 0.4) is 0 Å². The van der Waals surface area contributed by atoms with E-state index in [4.69, 9.17) is 14.9 Å². The van der Waals surface area contributed by atoms with Crippen molar-refractivity contribution in [2.45, 2.75) is 6.54 Å². The normalized spacial score (nSPS) is 11.1. The van der Waals surface area contributed by atoms with E-state index in [-0.39, 0.29) is 17.6 Å². The highest BCUT2D eigenvalue weighted by molar-refractivity contribution is 6.02. The van der Waals surface area contributed by atoms with Crippen LogP contribution < -0.4 is 21.1 Å². The summed E-state index contributed by atoms with van der Waals surface area (Å²) in [6.07, 6.45) is 1.46. The zero-order valence-electron chi connectivity index (χ0n) is 17.2. The number of nitrogens with two attached hydrogens (primary N) is 1. The molecule has 0 bridgehead atoms. The number of nitrogens with zero attached hydrogens (tertiary/aromatic N) is 1. The van der Waals surface area contributed by atoms with Crippen molar-refractivity contribution < 1.29 is 13.9 Å². The van der Waals surface area contributed by atoms with Crippen LogP contribution in [0.1, 0.15) is 16.1 Å². The van der Waals surface area contributed by atoms with Gasteiger partial charge in [-0.05, 0) is 54.1 Å². The van der Waals surface area contributed by atoms with Crippen molar-refractivity contribution in [1.82, 2.24) is 0 Å². The number of hydrogen-bond acceptors (Lipinski definition) is 4. The van der Waals surface area contributed by atoms with Crippen LogP contribution in [-0.2, 0) is 6.54 Å². The van der Waals surface area contributed by atoms with Gasteiger partial charge in [-0.1, -0.05) is 36.4 Å². The largest absolute Gasteiger partial charge is 0.459 e. The lowest BCUT2D eigenvalue weighted by Crippen LogP contribution is -2.22. The maximum Gasteiger partial charge on any atom is 0.291 e. The molecule has 0 saturated heterocycles. The van der Waals surface area contributed by atoms with E-state index in [1.54, 1.807) is 18.2 Å². The second kappa shape index (κ2) is 9.99. The lowest BCUT2D eigenvalue weighted by Gasteiger charge is -2.09. The van der Waals surface area contributed by atoms with E-state index in [0.717, 1.165) is 17.0 Å². The van der Waals surface area contributed by atoms with Crippen LogP contribution in [-0.4, -0.2) is 11.9 Å². The van der Waals surface area contributed by atoms with E-state index in [2.05, 4.69) is 15.6 Å². The molecule has 3 aromatic carbocycles. The van der Waals surface area contributed by atoms with Gasteiger partial charge in [0.15, 0.2) is 11.7 Å². The van der Waals surface area contributed by atoms with Gasteiger partial charge in [0.05, 0.1) is 12.8 Å². The summed E-state index contributed by atoms with van der Waals surface area (Å²) < 4.78 is 10.9. The Morgan fingerprint density at radius 2 is 1.59 bits per heavy atom. The van der Waals surface area contributed by atoms with Gasteiger partial charge in [0.25, 0.3) is 5.91 Å². The number of guanidine groups is 1. The van der Waals surface area contributed by atoms with E-state index in [0.29, 0.717) is 18.0 Å². The molecule has 4 aromatic rings. The number of rotatable bonds is 7. The molecule has 0 fully saturated rings. The van der Waals surface area contributed by atoms with Gasteiger partial charge < -0.3 is 25.5 Å². The highest BCUT2D eigenvalue weighted by Gasteiger charge is 2.08. The number of carbonyl (C=O) groups excluding carboxylic acids is 1. The van der Waals surface area contributed by atoms with Gasteiger partial charge in [-0.2, -0.15) is 0 Å². The molecule has 4 N–H and O–H groups in total. The summed E-state index contributed by atoms with van der Waals surface area (Å²) in [6, 6.07) is 27.7. The predicted octanol–water partition coefficient (Wildman–Crippen LogP) is 5.25. The van der Waals surface area contributed by atoms with Gasteiger partial charge in [-0.3, -0.25) is 4.79 Å². The van der Waals surface area contributed by atoms with Gasteiger partial charge in [-0.15, -0.1) is 0 Å². The summed E-state index contributed by atoms with van der Waals surface area (Å²) in [5.41, 5.74) is 8.36. The van der Waals surface area contributed by atoms with Crippen LogP contribution >= 0.6 is 0 Å². The van der Waals surface area contributed by atoms with Gasteiger partial charge in [0, 0.05) is 17.4 Å². The number of nitrogens with one attached hydrogen (secondary N) is 2. The number of carbonyl (C=O) groups is 1. The maximum atomic E-state index is 12.1. The second-order valence-corrected chi connectivity index (χ2v) is 6.90. The zero-order chi connectivity index (χ0) is 22.2. The average Bonchev–Trinajstić information content (AvgIpc) is 3.34. The summed E-state index contributed by atoms with van der Waals surface area (Å²) >= 11 is 0. The molecular formula is C25H22N4O3. The van der Waals surface area contributed by atoms with Crippen molar-refractivity contribution in [3.8, 4) is 11.5 Å². The maximum absolute atomic E-state index is 12.1. The summed E-state index contributed by atoms with van der Waals surface area (Å²) in [6.45, 7) is 0.351. The fourth-order valence-electron chi connectivity index (χ4n) is 2.97. The molecule has 0 saturated carbocycles. The molecule has 7 nitrogen and oxygen atoms in total. The highest BCUT2D eigenvalue weighted by atomic mass is 16.5. The van der Waals surface area contributed by atoms with Crippen molar-refractivity contribution in [2.24, 2.45) is 10.7 Å². The van der Waals surface area contributed by atoms with Crippen molar-refractivity contribution in [2.75, 3.05) is 10.6 Å². The van der Waals surface area contributed by atoms with E-state index < -0.39 is 0 Å². The highest BCUT2D eigenvalue weighted by Crippen LogP contribution is 2.23. The van der Waals surface area contributed by atoms with Gasteiger partial charge in [0.2, 0.25) is 0 Å². The summed E-state index contributed by atoms with van der Waals surface area (Å²) in [5, 5.41) is 5.87. The number of hydrogen-bond donors (Lipinski definition) is 3. The smallest absolute Gasteiger partial charge is 0.291 e. The van der Waals surface area contributed by atoms with Crippen LogP contribution in [0.4, 0.5) is 11.4 Å². The molecule has 0 atom stereocenters. The topological polar surface area (TPSA) is 102 Å². The Bertz CT molecular complexity index is 1200. The molecular weight excluding hydrogens is 404 g/mol. The number of furan rings is 1. The van der Waals surface area contributed by atoms with E-state index in [1.807, 2.05) is 72.8 Å². The van der Waals surface area contributed by atoms with Crippen LogP contribution in [0, 0.1) is 0 Å². The Morgan fingerprint density at radius 3 is 2.38 bits per heavy atom. The average molecular weight is 426 g/mol. The molecule has 1 aromatic heterocycles. The van der Waals surface area contributed by atoms with Crippen LogP contribution in [0.15, 0.2) is 107 Å². The molecule has 7 heteroatoms. The van der Waals surface area contributed by atoms with E-state index in [9.17, 15) is 4.79 Å². The molecule has 0 radical (unpaired) electrons. The molecule has 32 heavy (non-hydrogen) atoms. The summed E-state index contributed by atoms with van der Waals surface area (Å²) in [5.74, 6) is 1.65. The molecule has 0 aliphatic heterocycles. The number of benzene rings is 3. The van der Waals surface area contributed by atoms with Gasteiger partial charge >= 0.3 is 0 Å². The SMILES string of the molecule is NC(=NCc1cccc(NC(=O)c2ccco2)c1)Nc1cccc(Oc2ccccc2)c1. The minimum Gasteiger partial charge on any atom is -0.459 e. The number of aliphatic imine (C=N–C) groups is 1. The van der Waals surface area contributed by atoms with E-state index >= 15 is 0 Å². The number of anilines is 2. The standard InChI is InChI=1S/C25H22N4O3/c26-25(29-20-9-5-12-22(16-20)32-21-10-2-1-3-11-21)27-17-18-7-4-8-19(15-18)28-24(30)23-13-6-14-31-23/h1-16H,17H2,(H,28,30)(H3,26,27,29). The first-order valence-electron chi connectivity index (χ1n) is 9.99. The third kappa shape index (κ3) is 5.76. The predicted molar refractivity (Wildman–Crippen MR) is 125 cm³/mol. The minimum atomic E-state index is -0.311. The molecule has 160 valence electrons. The third-order valence-corrected chi connectivity index (χ3v) is 4.45. The van der Waals surface area contributed by atoms with Crippen LogP contribution in [0.2, 0.25) is 0 Å². The Morgan fingerprint density at radius 1 is 0.844 bits per heavy atom. The first-order chi connectivity index (χ1) is 15.7. The first kappa shape index (κ1) is 20.7. The fourth-order valence-corrected chi connectivity index (χ4v) is 2.97.